The van der Waals surface area contributed by atoms with E-state index in [1.54, 1.807) is 0 Å². The fourth-order valence-electron chi connectivity index (χ4n) is 1.24. The largest absolute Gasteiger partial charge is 0.449 e. The number of benzene rings is 1. The van der Waals surface area contributed by atoms with Crippen molar-refractivity contribution >= 4 is 18.8 Å². The summed E-state index contributed by atoms with van der Waals surface area (Å²) >= 11 is 4.13. The van der Waals surface area contributed by atoms with Crippen LogP contribution in [0.1, 0.15) is 5.56 Å². The zero-order chi connectivity index (χ0) is 9.97. The van der Waals surface area contributed by atoms with E-state index in [1.807, 2.05) is 36.4 Å². The molecule has 0 fully saturated rings. The van der Waals surface area contributed by atoms with E-state index in [0.717, 1.165) is 11.3 Å². The van der Waals surface area contributed by atoms with Gasteiger partial charge in [-0.15, -0.1) is 12.6 Å². The van der Waals surface area contributed by atoms with Gasteiger partial charge in [0.2, 0.25) is 0 Å². The van der Waals surface area contributed by atoms with Crippen molar-refractivity contribution < 1.29 is 4.42 Å². The summed E-state index contributed by atoms with van der Waals surface area (Å²) in [5.74, 6) is 0.745. The van der Waals surface area contributed by atoms with Crippen LogP contribution in [0.5, 0.6) is 0 Å². The molecule has 0 aliphatic heterocycles. The first-order valence-corrected chi connectivity index (χ1v) is 4.64. The van der Waals surface area contributed by atoms with Crippen LogP contribution in [-0.4, -0.2) is 6.21 Å². The van der Waals surface area contributed by atoms with Crippen molar-refractivity contribution in [3.8, 4) is 11.3 Å². The van der Waals surface area contributed by atoms with Crippen LogP contribution < -0.4 is 0 Å². The third-order valence-electron chi connectivity index (χ3n) is 1.95. The van der Waals surface area contributed by atoms with Crippen LogP contribution in [0.2, 0.25) is 0 Å². The van der Waals surface area contributed by atoms with Crippen molar-refractivity contribution in [2.75, 3.05) is 0 Å². The second-order valence-electron chi connectivity index (χ2n) is 2.88. The van der Waals surface area contributed by atoms with Crippen molar-refractivity contribution in [3.63, 3.8) is 0 Å². The molecule has 2 nitrogen and oxygen atoms in total. The van der Waals surface area contributed by atoms with E-state index in [4.69, 9.17) is 9.83 Å². The van der Waals surface area contributed by atoms with E-state index < -0.39 is 0 Å². The summed E-state index contributed by atoms with van der Waals surface area (Å²) in [6.07, 6.45) is 1.23. The molecule has 0 aliphatic carbocycles. The quantitative estimate of drug-likeness (QED) is 0.570. The molecule has 0 aliphatic rings. The second kappa shape index (κ2) is 3.72. The molecule has 1 aromatic heterocycles. The molecule has 0 radical (unpaired) electrons. The van der Waals surface area contributed by atoms with Gasteiger partial charge in [-0.05, 0) is 6.07 Å². The second-order valence-corrected chi connectivity index (χ2v) is 3.29. The van der Waals surface area contributed by atoms with Gasteiger partial charge >= 0.3 is 0 Å². The van der Waals surface area contributed by atoms with Gasteiger partial charge in [0, 0.05) is 17.3 Å². The number of hydrogen-bond acceptors (Lipinski definition) is 3. The Kier molecular flexibility index (Phi) is 2.41. The van der Waals surface area contributed by atoms with Crippen LogP contribution in [0, 0.1) is 5.41 Å². The highest BCUT2D eigenvalue weighted by atomic mass is 32.1. The molecule has 0 bridgehead atoms. The molecule has 14 heavy (non-hydrogen) atoms. The van der Waals surface area contributed by atoms with Crippen LogP contribution in [0.15, 0.2) is 45.9 Å². The molecule has 0 unspecified atom stereocenters. The van der Waals surface area contributed by atoms with Crippen LogP contribution in [0.3, 0.4) is 0 Å². The SMILES string of the molecule is N=Cc1cc(-c2ccccc2)oc1S. The summed E-state index contributed by atoms with van der Waals surface area (Å²) in [6, 6.07) is 11.6. The van der Waals surface area contributed by atoms with Crippen LogP contribution in [0.4, 0.5) is 0 Å². The molecule has 1 N–H and O–H groups in total. The number of thiol groups is 1. The molecule has 2 aromatic rings. The van der Waals surface area contributed by atoms with E-state index in [-0.39, 0.29) is 0 Å². The Balaban J connectivity index is 2.48. The van der Waals surface area contributed by atoms with E-state index in [2.05, 4.69) is 12.6 Å². The normalized spacial score (nSPS) is 10.1. The highest BCUT2D eigenvalue weighted by Gasteiger charge is 2.06. The number of rotatable bonds is 2. The lowest BCUT2D eigenvalue weighted by atomic mass is 10.1. The lowest BCUT2D eigenvalue weighted by Gasteiger charge is -1.93. The highest BCUT2D eigenvalue weighted by molar-refractivity contribution is 7.80. The van der Waals surface area contributed by atoms with Gasteiger partial charge in [-0.25, -0.2) is 0 Å². The molecular weight excluding hydrogens is 194 g/mol. The Morgan fingerprint density at radius 3 is 2.50 bits per heavy atom. The summed E-state index contributed by atoms with van der Waals surface area (Å²) in [5.41, 5.74) is 1.70. The van der Waals surface area contributed by atoms with Crippen LogP contribution in [-0.2, 0) is 0 Å². The van der Waals surface area contributed by atoms with Crippen molar-refractivity contribution in [2.24, 2.45) is 0 Å². The standard InChI is InChI=1S/C11H9NOS/c12-7-9-6-10(13-11(9)14)8-4-2-1-3-5-8/h1-7,12,14H. The third-order valence-corrected chi connectivity index (χ3v) is 2.30. The lowest BCUT2D eigenvalue weighted by Crippen LogP contribution is -1.72. The third kappa shape index (κ3) is 1.59. The number of furan rings is 1. The zero-order valence-electron chi connectivity index (χ0n) is 7.40. The molecule has 0 saturated heterocycles. The monoisotopic (exact) mass is 203 g/mol. The first kappa shape index (κ1) is 9.09. The smallest absolute Gasteiger partial charge is 0.166 e. The predicted octanol–water partition coefficient (Wildman–Crippen LogP) is 3.23. The average molecular weight is 203 g/mol. The van der Waals surface area contributed by atoms with Gasteiger partial charge < -0.3 is 9.83 Å². The molecule has 1 aromatic carbocycles. The lowest BCUT2D eigenvalue weighted by molar-refractivity contribution is 0.489. The fourth-order valence-corrected chi connectivity index (χ4v) is 1.47. The first-order chi connectivity index (χ1) is 6.81. The Morgan fingerprint density at radius 2 is 1.93 bits per heavy atom. The maximum atomic E-state index is 7.13. The molecule has 0 spiro atoms. The van der Waals surface area contributed by atoms with E-state index >= 15 is 0 Å². The number of nitrogens with one attached hydrogen (secondary N) is 1. The number of hydrogen-bond donors (Lipinski definition) is 2. The van der Waals surface area contributed by atoms with E-state index in [9.17, 15) is 0 Å². The summed E-state index contributed by atoms with van der Waals surface area (Å²) in [5, 5.41) is 7.61. The van der Waals surface area contributed by atoms with Crippen molar-refractivity contribution in [3.05, 3.63) is 42.0 Å². The molecule has 0 atom stereocenters. The van der Waals surface area contributed by atoms with Crippen molar-refractivity contribution in [2.45, 2.75) is 5.09 Å². The molecule has 0 saturated carbocycles. The molecule has 70 valence electrons. The topological polar surface area (TPSA) is 37.0 Å². The minimum atomic E-state index is 0.485. The van der Waals surface area contributed by atoms with Crippen LogP contribution in [0.25, 0.3) is 11.3 Å². The van der Waals surface area contributed by atoms with E-state index in [0.29, 0.717) is 10.7 Å². The van der Waals surface area contributed by atoms with Gasteiger partial charge in [0.15, 0.2) is 5.09 Å². The molecular formula is C11H9NOS. The average Bonchev–Trinajstić information content (AvgIpc) is 2.61. The Bertz CT molecular complexity index is 448. The Morgan fingerprint density at radius 1 is 1.21 bits per heavy atom. The Hall–Kier alpha value is -1.48. The van der Waals surface area contributed by atoms with Crippen molar-refractivity contribution in [1.29, 1.82) is 5.41 Å². The minimum absolute atomic E-state index is 0.485. The van der Waals surface area contributed by atoms with Gasteiger partial charge in [0.25, 0.3) is 0 Å². The molecule has 3 heteroatoms. The summed E-state index contributed by atoms with van der Waals surface area (Å²) in [7, 11) is 0. The molecule has 2 rings (SSSR count). The Labute approximate surface area is 87.5 Å². The summed E-state index contributed by atoms with van der Waals surface area (Å²) < 4.78 is 5.40. The van der Waals surface area contributed by atoms with Gasteiger partial charge in [0.1, 0.15) is 5.76 Å². The maximum absolute atomic E-state index is 7.13. The minimum Gasteiger partial charge on any atom is -0.449 e. The zero-order valence-corrected chi connectivity index (χ0v) is 8.29. The summed E-state index contributed by atoms with van der Waals surface area (Å²) in [4.78, 5) is 0. The maximum Gasteiger partial charge on any atom is 0.166 e. The van der Waals surface area contributed by atoms with Gasteiger partial charge in [-0.3, -0.25) is 0 Å². The van der Waals surface area contributed by atoms with Crippen molar-refractivity contribution in [1.82, 2.24) is 0 Å². The predicted molar refractivity (Wildman–Crippen MR) is 59.3 cm³/mol. The summed E-state index contributed by atoms with van der Waals surface area (Å²) in [6.45, 7) is 0. The van der Waals surface area contributed by atoms with Gasteiger partial charge in [-0.2, -0.15) is 0 Å². The highest BCUT2D eigenvalue weighted by Crippen LogP contribution is 2.26. The van der Waals surface area contributed by atoms with Gasteiger partial charge in [-0.1, -0.05) is 30.3 Å². The first-order valence-electron chi connectivity index (χ1n) is 4.20. The molecule has 1 heterocycles. The van der Waals surface area contributed by atoms with E-state index in [1.165, 1.54) is 6.21 Å². The fraction of sp³-hybridized carbons (Fsp3) is 0. The molecule has 0 amide bonds. The van der Waals surface area contributed by atoms with Gasteiger partial charge in [0.05, 0.1) is 0 Å². The van der Waals surface area contributed by atoms with Crippen LogP contribution >= 0.6 is 12.6 Å².